The summed E-state index contributed by atoms with van der Waals surface area (Å²) < 4.78 is 30.3. The molecule has 2 rings (SSSR count). The Bertz CT molecular complexity index is 563. The van der Waals surface area contributed by atoms with Gasteiger partial charge in [-0.1, -0.05) is 23.9 Å². The summed E-state index contributed by atoms with van der Waals surface area (Å²) in [5.74, 6) is -2.28. The molecular weight excluding hydrogens is 352 g/mol. The molecule has 7 heteroatoms. The van der Waals surface area contributed by atoms with Crippen molar-refractivity contribution in [2.24, 2.45) is 0 Å². The van der Waals surface area contributed by atoms with Crippen molar-refractivity contribution in [1.82, 2.24) is 4.90 Å². The first-order valence-electron chi connectivity index (χ1n) is 5.72. The first-order chi connectivity index (χ1) is 9.40. The number of carbonyl (C=O) groups excluding carboxylic acids is 1. The molecule has 1 aliphatic heterocycles. The van der Waals surface area contributed by atoms with E-state index in [1.54, 1.807) is 43.3 Å². The molecule has 0 N–H and O–H groups in total. The van der Waals surface area contributed by atoms with Gasteiger partial charge in [0.1, 0.15) is 0 Å². The molecule has 0 aromatic heterocycles. The Balaban J connectivity index is 2.43. The Hall–Kier alpha value is -1.08. The number of ketones is 1. The molecule has 1 heterocycles. The molecule has 0 fully saturated rings. The van der Waals surface area contributed by atoms with Crippen LogP contribution in [-0.4, -0.2) is 35.5 Å². The van der Waals surface area contributed by atoms with Crippen molar-refractivity contribution in [3.05, 3.63) is 35.7 Å². The number of nitrogens with zero attached hydrogens (tertiary/aromatic N) is 1. The number of hydrogen-bond acceptors (Lipinski definition) is 4. The van der Waals surface area contributed by atoms with Gasteiger partial charge in [0.15, 0.2) is 0 Å². The van der Waals surface area contributed by atoms with Gasteiger partial charge < -0.3 is 9.64 Å². The van der Waals surface area contributed by atoms with Gasteiger partial charge in [-0.3, -0.25) is 4.79 Å². The van der Waals surface area contributed by atoms with Crippen LogP contribution in [0.5, 0.6) is 0 Å². The van der Waals surface area contributed by atoms with Crippen LogP contribution in [0.15, 0.2) is 35.0 Å². The molecule has 108 valence electrons. The largest absolute Gasteiger partial charge is 0.455 e. The zero-order valence-electron chi connectivity index (χ0n) is 10.8. The van der Waals surface area contributed by atoms with Gasteiger partial charge >= 0.3 is 0 Å². The summed E-state index contributed by atoms with van der Waals surface area (Å²) >= 11 is 3.59. The number of ether oxygens (including phenoxy) is 1. The summed E-state index contributed by atoms with van der Waals surface area (Å²) in [7, 11) is 3.51. The fraction of sp³-hybridized carbons (Fsp3) is 0.308. The van der Waals surface area contributed by atoms with Crippen LogP contribution in [-0.2, 0) is 9.53 Å². The lowest BCUT2D eigenvalue weighted by molar-refractivity contribution is -0.116. The van der Waals surface area contributed by atoms with Crippen molar-refractivity contribution < 1.29 is 18.3 Å². The summed E-state index contributed by atoms with van der Waals surface area (Å²) in [6.45, 7) is 0. The van der Waals surface area contributed by atoms with Gasteiger partial charge in [0.2, 0.25) is 16.7 Å². The molecule has 0 spiro atoms. The average Bonchev–Trinajstić information content (AvgIpc) is 2.66. The first kappa shape index (κ1) is 15.3. The number of Topliss-reactive ketones (excluding diaryl/α,β-unsaturated/α-hetero) is 1. The smallest absolute Gasteiger partial charge is 0.288 e. The van der Waals surface area contributed by atoms with E-state index in [0.29, 0.717) is 33.7 Å². The van der Waals surface area contributed by atoms with Crippen LogP contribution in [0.25, 0.3) is 5.57 Å². The highest BCUT2D eigenvalue weighted by molar-refractivity contribution is 9.09. The molecule has 0 aliphatic carbocycles. The van der Waals surface area contributed by atoms with Crippen LogP contribution < -0.4 is 0 Å². The van der Waals surface area contributed by atoms with Crippen molar-refractivity contribution in [2.75, 3.05) is 14.1 Å². The van der Waals surface area contributed by atoms with Crippen molar-refractivity contribution in [2.45, 2.75) is 15.7 Å². The molecule has 1 unspecified atom stereocenters. The van der Waals surface area contributed by atoms with Gasteiger partial charge in [0.05, 0.1) is 5.57 Å². The highest BCUT2D eigenvalue weighted by Crippen LogP contribution is 2.35. The van der Waals surface area contributed by atoms with E-state index < -0.39 is 10.8 Å². The standard InChI is InChI=1S/C13H12BrF2NO2S/c1-17(2)12-9(10(18)11(14)19-12)7-4-3-5-8(6-7)20-13(15)16/h3-6,11,13H,1-2H3. The fourth-order valence-corrected chi connectivity index (χ4v) is 2.82. The number of alkyl halides is 3. The second kappa shape index (κ2) is 6.13. The first-order valence-corrected chi connectivity index (χ1v) is 7.51. The fourth-order valence-electron chi connectivity index (χ4n) is 1.85. The molecule has 1 atom stereocenters. The zero-order valence-corrected chi connectivity index (χ0v) is 13.2. The summed E-state index contributed by atoms with van der Waals surface area (Å²) in [6, 6.07) is 6.51. The topological polar surface area (TPSA) is 29.5 Å². The van der Waals surface area contributed by atoms with Crippen LogP contribution in [0.1, 0.15) is 5.56 Å². The third-order valence-electron chi connectivity index (χ3n) is 2.64. The van der Waals surface area contributed by atoms with E-state index in [9.17, 15) is 13.6 Å². The van der Waals surface area contributed by atoms with Crippen molar-refractivity contribution in [3.63, 3.8) is 0 Å². The predicted molar refractivity (Wildman–Crippen MR) is 77.7 cm³/mol. The van der Waals surface area contributed by atoms with E-state index >= 15 is 0 Å². The van der Waals surface area contributed by atoms with Gasteiger partial charge in [0.25, 0.3) is 5.76 Å². The third-order valence-corrected chi connectivity index (χ3v) is 3.94. The number of hydrogen-bond donors (Lipinski definition) is 0. The van der Waals surface area contributed by atoms with Crippen LogP contribution in [0, 0.1) is 0 Å². The van der Waals surface area contributed by atoms with E-state index in [1.165, 1.54) is 0 Å². The van der Waals surface area contributed by atoms with Crippen molar-refractivity contribution in [3.8, 4) is 0 Å². The minimum Gasteiger partial charge on any atom is -0.455 e. The molecular formula is C13H12BrF2NO2S. The van der Waals surface area contributed by atoms with E-state index in [-0.39, 0.29) is 5.78 Å². The summed E-state index contributed by atoms with van der Waals surface area (Å²) in [5.41, 5.74) is 0.972. The molecule has 1 aliphatic rings. The molecule has 0 saturated heterocycles. The monoisotopic (exact) mass is 363 g/mol. The highest BCUT2D eigenvalue weighted by Gasteiger charge is 2.35. The Labute approximate surface area is 128 Å². The zero-order chi connectivity index (χ0) is 14.9. The van der Waals surface area contributed by atoms with Crippen LogP contribution in [0.4, 0.5) is 8.78 Å². The lowest BCUT2D eigenvalue weighted by atomic mass is 10.0. The summed E-state index contributed by atoms with van der Waals surface area (Å²) in [4.78, 5) is 14.2. The molecule has 0 saturated carbocycles. The maximum absolute atomic E-state index is 12.4. The Kier molecular flexibility index (Phi) is 4.70. The SMILES string of the molecule is CN(C)C1=C(c2cccc(SC(F)F)c2)C(=O)C(Br)O1. The van der Waals surface area contributed by atoms with Gasteiger partial charge in [0, 0.05) is 19.0 Å². The van der Waals surface area contributed by atoms with E-state index in [0.717, 1.165) is 0 Å². The van der Waals surface area contributed by atoms with Gasteiger partial charge in [-0.25, -0.2) is 0 Å². The normalized spacial score (nSPS) is 18.7. The van der Waals surface area contributed by atoms with Gasteiger partial charge in [-0.15, -0.1) is 0 Å². The number of benzene rings is 1. The molecule has 1 aromatic carbocycles. The molecule has 20 heavy (non-hydrogen) atoms. The summed E-state index contributed by atoms with van der Waals surface area (Å²) in [6.07, 6.45) is 0. The van der Waals surface area contributed by atoms with E-state index in [4.69, 9.17) is 4.74 Å². The van der Waals surface area contributed by atoms with E-state index in [2.05, 4.69) is 15.9 Å². The molecule has 1 aromatic rings. The van der Waals surface area contributed by atoms with Crippen molar-refractivity contribution in [1.29, 1.82) is 0 Å². The van der Waals surface area contributed by atoms with Gasteiger partial charge in [-0.05, 0) is 33.6 Å². The maximum atomic E-state index is 12.4. The Morgan fingerprint density at radius 3 is 2.70 bits per heavy atom. The number of halogens is 3. The minimum atomic E-state index is -2.49. The maximum Gasteiger partial charge on any atom is 0.288 e. The molecule has 0 amide bonds. The lowest BCUT2D eigenvalue weighted by Crippen LogP contribution is -2.13. The second-order valence-corrected chi connectivity index (χ2v) is 6.17. The molecule has 0 bridgehead atoms. The van der Waals surface area contributed by atoms with Crippen LogP contribution in [0.3, 0.4) is 0 Å². The Morgan fingerprint density at radius 2 is 2.10 bits per heavy atom. The van der Waals surface area contributed by atoms with Crippen molar-refractivity contribution >= 4 is 39.0 Å². The van der Waals surface area contributed by atoms with E-state index in [1.807, 2.05) is 0 Å². The van der Waals surface area contributed by atoms with Crippen LogP contribution >= 0.6 is 27.7 Å². The lowest BCUT2D eigenvalue weighted by Gasteiger charge is -2.15. The quantitative estimate of drug-likeness (QED) is 0.604. The predicted octanol–water partition coefficient (Wildman–Crippen LogP) is 3.55. The second-order valence-electron chi connectivity index (χ2n) is 4.28. The third kappa shape index (κ3) is 3.15. The van der Waals surface area contributed by atoms with Crippen LogP contribution in [0.2, 0.25) is 0 Å². The average molecular weight is 364 g/mol. The van der Waals surface area contributed by atoms with Gasteiger partial charge in [-0.2, -0.15) is 8.78 Å². The Morgan fingerprint density at radius 1 is 1.40 bits per heavy atom. The summed E-state index contributed by atoms with van der Waals surface area (Å²) in [5, 5.41) is -0.735. The number of rotatable bonds is 4. The number of thioether (sulfide) groups is 1. The minimum absolute atomic E-state index is 0.215. The number of carbonyl (C=O) groups is 1. The molecule has 3 nitrogen and oxygen atoms in total. The molecule has 0 radical (unpaired) electrons. The highest BCUT2D eigenvalue weighted by atomic mass is 79.9.